The van der Waals surface area contributed by atoms with E-state index in [1.807, 2.05) is 0 Å². The van der Waals surface area contributed by atoms with E-state index in [9.17, 15) is 25.0 Å². The number of nitro groups is 2. The summed E-state index contributed by atoms with van der Waals surface area (Å²) in [5.74, 6) is 0.0962. The van der Waals surface area contributed by atoms with E-state index in [0.717, 1.165) is 17.7 Å². The first-order valence-corrected chi connectivity index (χ1v) is 9.10. The molecule has 0 aliphatic heterocycles. The zero-order chi connectivity index (χ0) is 22.4. The molecule has 2 aromatic carbocycles. The molecule has 0 radical (unpaired) electrons. The lowest BCUT2D eigenvalue weighted by atomic mass is 10.1. The predicted octanol–water partition coefficient (Wildman–Crippen LogP) is 5.38. The van der Waals surface area contributed by atoms with Crippen LogP contribution in [0.1, 0.15) is 12.5 Å². The third-order valence-electron chi connectivity index (χ3n) is 3.77. The lowest BCUT2D eigenvalue weighted by molar-refractivity contribution is -0.393. The number of non-ortho nitro benzene ring substituents is 1. The van der Waals surface area contributed by atoms with Crippen molar-refractivity contribution in [3.63, 3.8) is 0 Å². The molecule has 0 heterocycles. The Labute approximate surface area is 178 Å². The van der Waals surface area contributed by atoms with E-state index in [-0.39, 0.29) is 21.8 Å². The molecule has 0 atom stereocenters. The number of hydrogen-bond donors (Lipinski definition) is 1. The Bertz CT molecular complexity index is 1070. The van der Waals surface area contributed by atoms with Crippen LogP contribution >= 0.6 is 15.9 Å². The number of hydrogen-bond acceptors (Lipinski definition) is 8. The number of nitrogens with one attached hydrogen (secondary N) is 1. The van der Waals surface area contributed by atoms with E-state index in [2.05, 4.69) is 38.1 Å². The minimum absolute atomic E-state index is 0.0171. The van der Waals surface area contributed by atoms with E-state index in [4.69, 9.17) is 4.74 Å². The standard InChI is InChI=1S/C18H16BrN5O6/c1-4-5-11-6-14(20-10(2)25)15(9-17(11)30-3)21-22-18-13(19)7-12(23(26)27)8-16(18)24(28)29/h4,6-9H,1,5H2,2-3H3,(H,20,25). The van der Waals surface area contributed by atoms with Crippen molar-refractivity contribution in [1.29, 1.82) is 0 Å². The summed E-state index contributed by atoms with van der Waals surface area (Å²) in [6, 6.07) is 5.03. The molecule has 2 rings (SSSR count). The van der Waals surface area contributed by atoms with Crippen LogP contribution in [0.5, 0.6) is 5.75 Å². The summed E-state index contributed by atoms with van der Waals surface area (Å²) in [5.41, 5.74) is -0.0664. The van der Waals surface area contributed by atoms with Gasteiger partial charge in [0.1, 0.15) is 11.4 Å². The number of nitro benzene ring substituents is 2. The molecule has 0 unspecified atom stereocenters. The highest BCUT2D eigenvalue weighted by Gasteiger charge is 2.23. The second-order valence-corrected chi connectivity index (χ2v) is 6.72. The maximum atomic E-state index is 11.6. The summed E-state index contributed by atoms with van der Waals surface area (Å²) in [6.07, 6.45) is 2.13. The fourth-order valence-electron chi connectivity index (χ4n) is 2.51. The fraction of sp³-hybridized carbons (Fsp3) is 0.167. The summed E-state index contributed by atoms with van der Waals surface area (Å²) >= 11 is 3.06. The third-order valence-corrected chi connectivity index (χ3v) is 4.37. The number of rotatable bonds is 8. The average Bonchev–Trinajstić information content (AvgIpc) is 2.67. The molecule has 0 saturated heterocycles. The zero-order valence-corrected chi connectivity index (χ0v) is 17.5. The number of nitrogens with zero attached hydrogens (tertiary/aromatic N) is 4. The molecule has 156 valence electrons. The number of amides is 1. The molecular formula is C18H16BrN5O6. The number of azo groups is 1. The SMILES string of the molecule is C=CCc1cc(NC(C)=O)c(N=Nc2c(Br)cc([N+](=O)[O-])cc2[N+](=O)[O-])cc1OC. The molecule has 11 nitrogen and oxygen atoms in total. The fourth-order valence-corrected chi connectivity index (χ4v) is 3.03. The van der Waals surface area contributed by atoms with Gasteiger partial charge in [0, 0.05) is 24.6 Å². The molecule has 0 aliphatic rings. The summed E-state index contributed by atoms with van der Waals surface area (Å²) in [5, 5.41) is 32.9. The molecule has 0 aromatic heterocycles. The second kappa shape index (κ2) is 9.69. The highest BCUT2D eigenvalue weighted by molar-refractivity contribution is 9.10. The largest absolute Gasteiger partial charge is 0.496 e. The van der Waals surface area contributed by atoms with Crippen LogP contribution in [0.2, 0.25) is 0 Å². The van der Waals surface area contributed by atoms with Crippen molar-refractivity contribution in [2.45, 2.75) is 13.3 Å². The molecule has 0 saturated carbocycles. The monoisotopic (exact) mass is 477 g/mol. The molecule has 0 fully saturated rings. The molecule has 2 aromatic rings. The van der Waals surface area contributed by atoms with Gasteiger partial charge in [0.15, 0.2) is 5.69 Å². The van der Waals surface area contributed by atoms with Crippen LogP contribution in [0, 0.1) is 20.2 Å². The van der Waals surface area contributed by atoms with Gasteiger partial charge in [-0.3, -0.25) is 25.0 Å². The van der Waals surface area contributed by atoms with E-state index in [0.29, 0.717) is 17.9 Å². The van der Waals surface area contributed by atoms with E-state index in [1.165, 1.54) is 20.1 Å². The molecule has 30 heavy (non-hydrogen) atoms. The van der Waals surface area contributed by atoms with E-state index in [1.54, 1.807) is 12.1 Å². The van der Waals surface area contributed by atoms with Crippen LogP contribution in [0.4, 0.5) is 28.4 Å². The first-order valence-electron chi connectivity index (χ1n) is 8.31. The average molecular weight is 478 g/mol. The minimum atomic E-state index is -0.797. The van der Waals surface area contributed by atoms with Gasteiger partial charge in [-0.25, -0.2) is 0 Å². The Hall–Kier alpha value is -3.67. The molecule has 1 N–H and O–H groups in total. The quantitative estimate of drug-likeness (QED) is 0.233. The number of carbonyl (C=O) groups is 1. The van der Waals surface area contributed by atoms with E-state index < -0.39 is 21.2 Å². The second-order valence-electron chi connectivity index (χ2n) is 5.86. The van der Waals surface area contributed by atoms with Gasteiger partial charge in [-0.2, -0.15) is 0 Å². The van der Waals surface area contributed by atoms with Crippen LogP contribution in [0.15, 0.2) is 51.6 Å². The number of halogens is 1. The number of ether oxygens (including phenoxy) is 1. The van der Waals surface area contributed by atoms with Crippen LogP contribution in [0.25, 0.3) is 0 Å². The Morgan fingerprint density at radius 2 is 1.93 bits per heavy atom. The van der Waals surface area contributed by atoms with E-state index >= 15 is 0 Å². The third kappa shape index (κ3) is 5.23. The zero-order valence-electron chi connectivity index (χ0n) is 15.9. The summed E-state index contributed by atoms with van der Waals surface area (Å²) < 4.78 is 5.34. The van der Waals surface area contributed by atoms with Crippen molar-refractivity contribution >= 4 is 50.3 Å². The smallest absolute Gasteiger partial charge is 0.304 e. The summed E-state index contributed by atoms with van der Waals surface area (Å²) in [7, 11) is 1.46. The van der Waals surface area contributed by atoms with Gasteiger partial charge in [0.2, 0.25) is 5.91 Å². The van der Waals surface area contributed by atoms with Crippen molar-refractivity contribution in [3.8, 4) is 5.75 Å². The van der Waals surface area contributed by atoms with Crippen molar-refractivity contribution < 1.29 is 19.4 Å². The molecule has 1 amide bonds. The number of methoxy groups -OCH3 is 1. The van der Waals surface area contributed by atoms with Gasteiger partial charge in [0.25, 0.3) is 5.69 Å². The number of anilines is 1. The lowest BCUT2D eigenvalue weighted by Gasteiger charge is -2.12. The van der Waals surface area contributed by atoms with Gasteiger partial charge >= 0.3 is 5.69 Å². The van der Waals surface area contributed by atoms with Crippen LogP contribution in [-0.4, -0.2) is 22.9 Å². The van der Waals surface area contributed by atoms with Gasteiger partial charge in [-0.15, -0.1) is 16.8 Å². The van der Waals surface area contributed by atoms with Gasteiger partial charge < -0.3 is 10.1 Å². The summed E-state index contributed by atoms with van der Waals surface area (Å²) in [4.78, 5) is 32.3. The molecular weight excluding hydrogens is 462 g/mol. The topological polar surface area (TPSA) is 149 Å². The number of carbonyl (C=O) groups excluding carboxylic acids is 1. The predicted molar refractivity (Wildman–Crippen MR) is 113 cm³/mol. The highest BCUT2D eigenvalue weighted by Crippen LogP contribution is 2.41. The van der Waals surface area contributed by atoms with Crippen molar-refractivity contribution in [1.82, 2.24) is 0 Å². The Morgan fingerprint density at radius 1 is 1.23 bits per heavy atom. The molecule has 0 aliphatic carbocycles. The lowest BCUT2D eigenvalue weighted by Crippen LogP contribution is -2.06. The number of benzene rings is 2. The molecule has 0 spiro atoms. The number of allylic oxidation sites excluding steroid dienone is 1. The Balaban J connectivity index is 2.63. The van der Waals surface area contributed by atoms with Gasteiger partial charge in [-0.05, 0) is 28.4 Å². The van der Waals surface area contributed by atoms with Gasteiger partial charge in [0.05, 0.1) is 33.2 Å². The van der Waals surface area contributed by atoms with Crippen molar-refractivity contribution in [3.05, 3.63) is 67.2 Å². The first-order chi connectivity index (χ1) is 14.2. The maximum absolute atomic E-state index is 11.6. The van der Waals surface area contributed by atoms with Gasteiger partial charge in [-0.1, -0.05) is 6.08 Å². The maximum Gasteiger partial charge on any atom is 0.304 e. The van der Waals surface area contributed by atoms with Crippen molar-refractivity contribution in [2.24, 2.45) is 10.2 Å². The normalized spacial score (nSPS) is 10.6. The van der Waals surface area contributed by atoms with Crippen molar-refractivity contribution in [2.75, 3.05) is 12.4 Å². The first kappa shape index (κ1) is 22.6. The molecule has 12 heteroatoms. The molecule has 0 bridgehead atoms. The highest BCUT2D eigenvalue weighted by atomic mass is 79.9. The minimum Gasteiger partial charge on any atom is -0.496 e. The Morgan fingerprint density at radius 3 is 2.47 bits per heavy atom. The van der Waals surface area contributed by atoms with Crippen LogP contribution in [-0.2, 0) is 11.2 Å². The summed E-state index contributed by atoms with van der Waals surface area (Å²) in [6.45, 7) is 4.99. The van der Waals surface area contributed by atoms with Crippen LogP contribution in [0.3, 0.4) is 0 Å². The Kier molecular flexibility index (Phi) is 7.31. The van der Waals surface area contributed by atoms with Crippen LogP contribution < -0.4 is 10.1 Å².